The lowest BCUT2D eigenvalue weighted by Gasteiger charge is -2.12. The number of benzene rings is 2. The Bertz CT molecular complexity index is 647. The van der Waals surface area contributed by atoms with Gasteiger partial charge in [-0.05, 0) is 52.7 Å². The molecule has 5 atom stereocenters. The van der Waals surface area contributed by atoms with Crippen molar-refractivity contribution in [1.82, 2.24) is 0 Å². The molecule has 0 aliphatic heterocycles. The van der Waals surface area contributed by atoms with Crippen molar-refractivity contribution >= 4 is 6.08 Å². The van der Waals surface area contributed by atoms with Gasteiger partial charge in [0, 0.05) is 0 Å². The van der Waals surface area contributed by atoms with Crippen LogP contribution in [0.1, 0.15) is 34.9 Å². The second kappa shape index (κ2) is 3.85. The van der Waals surface area contributed by atoms with Gasteiger partial charge in [-0.1, -0.05) is 66.7 Å². The third-order valence-corrected chi connectivity index (χ3v) is 5.73. The average Bonchev–Trinajstić information content (AvgIpc) is 2.93. The highest BCUT2D eigenvalue weighted by Gasteiger charge is 2.65. The molecule has 1 unspecified atom stereocenters. The SMILES string of the molecule is C(=C\C1[C@@H]2[C@H]1[C@@H]1C[C@H]2c2ccccc21)/c1ccccc1. The third-order valence-electron chi connectivity index (χ3n) is 5.73. The first-order valence-electron chi connectivity index (χ1n) is 7.75. The average molecular weight is 258 g/mol. The lowest BCUT2D eigenvalue weighted by molar-refractivity contribution is 0.587. The van der Waals surface area contributed by atoms with E-state index in [0.717, 1.165) is 29.6 Å². The Balaban J connectivity index is 1.41. The van der Waals surface area contributed by atoms with Gasteiger partial charge in [-0.15, -0.1) is 0 Å². The highest BCUT2D eigenvalue weighted by Crippen LogP contribution is 2.74. The zero-order chi connectivity index (χ0) is 13.1. The van der Waals surface area contributed by atoms with Crippen molar-refractivity contribution in [2.45, 2.75) is 18.3 Å². The summed E-state index contributed by atoms with van der Waals surface area (Å²) in [5.41, 5.74) is 4.66. The van der Waals surface area contributed by atoms with Crippen LogP contribution in [0.25, 0.3) is 6.08 Å². The van der Waals surface area contributed by atoms with E-state index in [1.165, 1.54) is 12.0 Å². The molecule has 3 aliphatic rings. The summed E-state index contributed by atoms with van der Waals surface area (Å²) in [4.78, 5) is 0. The topological polar surface area (TPSA) is 0 Å². The van der Waals surface area contributed by atoms with Gasteiger partial charge in [-0.2, -0.15) is 0 Å². The van der Waals surface area contributed by atoms with Crippen LogP contribution in [0, 0.1) is 17.8 Å². The second-order valence-corrected chi connectivity index (χ2v) is 6.58. The Labute approximate surface area is 120 Å². The van der Waals surface area contributed by atoms with Gasteiger partial charge in [-0.3, -0.25) is 0 Å². The van der Waals surface area contributed by atoms with E-state index < -0.39 is 0 Å². The molecule has 0 radical (unpaired) electrons. The zero-order valence-electron chi connectivity index (χ0n) is 11.4. The van der Waals surface area contributed by atoms with E-state index in [0.29, 0.717) is 0 Å². The van der Waals surface area contributed by atoms with Crippen molar-refractivity contribution in [1.29, 1.82) is 0 Å². The maximum Gasteiger partial charge on any atom is -0.0116 e. The van der Waals surface area contributed by atoms with Gasteiger partial charge in [0.2, 0.25) is 0 Å². The molecule has 3 aliphatic carbocycles. The van der Waals surface area contributed by atoms with Gasteiger partial charge >= 0.3 is 0 Å². The molecule has 5 rings (SSSR count). The normalized spacial score (nSPS) is 36.1. The summed E-state index contributed by atoms with van der Waals surface area (Å²) in [6, 6.07) is 19.9. The number of hydrogen-bond acceptors (Lipinski definition) is 0. The van der Waals surface area contributed by atoms with Crippen molar-refractivity contribution in [3.05, 3.63) is 77.4 Å². The Morgan fingerprint density at radius 1 is 0.750 bits per heavy atom. The monoisotopic (exact) mass is 258 g/mol. The molecule has 2 aromatic carbocycles. The largest absolute Gasteiger partial charge is 0.0802 e. The van der Waals surface area contributed by atoms with E-state index in [1.54, 1.807) is 11.1 Å². The second-order valence-electron chi connectivity index (χ2n) is 6.58. The maximum atomic E-state index is 2.48. The number of hydrogen-bond donors (Lipinski definition) is 0. The van der Waals surface area contributed by atoms with E-state index >= 15 is 0 Å². The lowest BCUT2D eigenvalue weighted by atomic mass is 9.92. The highest BCUT2D eigenvalue weighted by molar-refractivity contribution is 5.53. The minimum atomic E-state index is 0.825. The van der Waals surface area contributed by atoms with Gasteiger partial charge in [0.1, 0.15) is 0 Å². The third kappa shape index (κ3) is 1.37. The molecule has 0 nitrogen and oxygen atoms in total. The number of allylic oxidation sites excluding steroid dienone is 1. The predicted molar refractivity (Wildman–Crippen MR) is 82.5 cm³/mol. The van der Waals surface area contributed by atoms with Gasteiger partial charge in [0.15, 0.2) is 0 Å². The van der Waals surface area contributed by atoms with E-state index in [2.05, 4.69) is 66.7 Å². The highest BCUT2D eigenvalue weighted by atomic mass is 14.7. The minimum absolute atomic E-state index is 0.825. The smallest absolute Gasteiger partial charge is 0.0116 e. The van der Waals surface area contributed by atoms with Crippen LogP contribution in [0.3, 0.4) is 0 Å². The van der Waals surface area contributed by atoms with Crippen molar-refractivity contribution in [3.63, 3.8) is 0 Å². The molecule has 2 aromatic rings. The fourth-order valence-corrected chi connectivity index (χ4v) is 4.94. The molecular weight excluding hydrogens is 240 g/mol. The van der Waals surface area contributed by atoms with Gasteiger partial charge in [0.05, 0.1) is 0 Å². The van der Waals surface area contributed by atoms with Crippen molar-refractivity contribution in [3.8, 4) is 0 Å². The van der Waals surface area contributed by atoms with Gasteiger partial charge in [-0.25, -0.2) is 0 Å². The Hall–Kier alpha value is -1.82. The molecule has 2 saturated carbocycles. The fourth-order valence-electron chi connectivity index (χ4n) is 4.94. The predicted octanol–water partition coefficient (Wildman–Crippen LogP) is 4.85. The summed E-state index contributed by atoms with van der Waals surface area (Å²) in [5.74, 6) is 4.41. The van der Waals surface area contributed by atoms with Crippen LogP contribution in [0.15, 0.2) is 60.7 Å². The maximum absolute atomic E-state index is 2.48. The summed E-state index contributed by atoms with van der Waals surface area (Å²) < 4.78 is 0. The van der Waals surface area contributed by atoms with Crippen LogP contribution in [0.4, 0.5) is 0 Å². The van der Waals surface area contributed by atoms with E-state index in [4.69, 9.17) is 0 Å². The summed E-state index contributed by atoms with van der Waals surface area (Å²) in [6.45, 7) is 0. The summed E-state index contributed by atoms with van der Waals surface area (Å²) in [6.07, 6.45) is 6.23. The molecule has 0 saturated heterocycles. The molecule has 0 spiro atoms. The zero-order valence-corrected chi connectivity index (χ0v) is 11.4. The summed E-state index contributed by atoms with van der Waals surface area (Å²) in [5, 5.41) is 0. The molecule has 0 aromatic heterocycles. The fraction of sp³-hybridized carbons (Fsp3) is 0.300. The lowest BCUT2D eigenvalue weighted by Crippen LogP contribution is -1.99. The first kappa shape index (κ1) is 10.9. The van der Waals surface area contributed by atoms with Crippen LogP contribution in [-0.2, 0) is 0 Å². The number of fused-ring (bicyclic) bond motifs is 8. The summed E-state index contributed by atoms with van der Waals surface area (Å²) >= 11 is 0. The Morgan fingerprint density at radius 3 is 2.00 bits per heavy atom. The van der Waals surface area contributed by atoms with Crippen molar-refractivity contribution in [2.75, 3.05) is 0 Å². The standard InChI is InChI=1S/C20H18/c1-2-6-13(7-3-1)10-11-16-19-17-12-18(20(16)19)15-9-5-4-8-14(15)17/h1-11,16-20H,12H2/b11-10+/t16?,17-,18+,19-,20+. The van der Waals surface area contributed by atoms with Crippen molar-refractivity contribution < 1.29 is 0 Å². The van der Waals surface area contributed by atoms with E-state index in [1.807, 2.05) is 0 Å². The minimum Gasteiger partial charge on any atom is -0.0802 e. The molecule has 2 fully saturated rings. The molecule has 0 heteroatoms. The van der Waals surface area contributed by atoms with Crippen LogP contribution in [-0.4, -0.2) is 0 Å². The summed E-state index contributed by atoms with van der Waals surface area (Å²) in [7, 11) is 0. The van der Waals surface area contributed by atoms with Gasteiger partial charge < -0.3 is 0 Å². The van der Waals surface area contributed by atoms with Crippen LogP contribution >= 0.6 is 0 Å². The molecule has 0 N–H and O–H groups in total. The van der Waals surface area contributed by atoms with E-state index in [-0.39, 0.29) is 0 Å². The molecule has 98 valence electrons. The number of rotatable bonds is 2. The molecule has 0 heterocycles. The Morgan fingerprint density at radius 2 is 1.35 bits per heavy atom. The molecule has 2 bridgehead atoms. The molecule has 20 heavy (non-hydrogen) atoms. The van der Waals surface area contributed by atoms with Gasteiger partial charge in [0.25, 0.3) is 0 Å². The van der Waals surface area contributed by atoms with Crippen molar-refractivity contribution in [2.24, 2.45) is 17.8 Å². The molecule has 0 amide bonds. The van der Waals surface area contributed by atoms with Crippen LogP contribution < -0.4 is 0 Å². The quantitative estimate of drug-likeness (QED) is 0.722. The van der Waals surface area contributed by atoms with Crippen LogP contribution in [0.2, 0.25) is 0 Å². The molecular formula is C20H18. The Kier molecular flexibility index (Phi) is 2.10. The first-order chi connectivity index (χ1) is 9.93. The van der Waals surface area contributed by atoms with Crippen LogP contribution in [0.5, 0.6) is 0 Å². The first-order valence-corrected chi connectivity index (χ1v) is 7.75. The van der Waals surface area contributed by atoms with E-state index in [9.17, 15) is 0 Å².